The van der Waals surface area contributed by atoms with Gasteiger partial charge in [-0.15, -0.1) is 0 Å². The minimum atomic E-state index is -1.19. The van der Waals surface area contributed by atoms with Crippen molar-refractivity contribution in [3.63, 3.8) is 0 Å². The van der Waals surface area contributed by atoms with Gasteiger partial charge in [0.15, 0.2) is 11.2 Å². The van der Waals surface area contributed by atoms with Crippen LogP contribution in [-0.4, -0.2) is 27.7 Å². The van der Waals surface area contributed by atoms with E-state index in [1.165, 1.54) is 30.3 Å². The monoisotopic (exact) mass is 406 g/mol. The molecule has 0 bridgehead atoms. The Morgan fingerprint density at radius 1 is 1.07 bits per heavy atom. The molecule has 0 aliphatic heterocycles. The van der Waals surface area contributed by atoms with Crippen LogP contribution in [0.1, 0.15) is 69.4 Å². The Bertz CT molecular complexity index is 1310. The molecule has 7 nitrogen and oxygen atoms in total. The van der Waals surface area contributed by atoms with Gasteiger partial charge >= 0.3 is 5.97 Å². The van der Waals surface area contributed by atoms with E-state index >= 15 is 0 Å². The van der Waals surface area contributed by atoms with Crippen LogP contribution in [-0.2, 0) is 11.2 Å². The molecule has 0 amide bonds. The van der Waals surface area contributed by atoms with Crippen LogP contribution in [0.2, 0.25) is 0 Å². The van der Waals surface area contributed by atoms with Crippen LogP contribution in [0.4, 0.5) is 0 Å². The van der Waals surface area contributed by atoms with Gasteiger partial charge in [0.2, 0.25) is 5.78 Å². The minimum Gasteiger partial charge on any atom is -0.507 e. The molecule has 152 valence electrons. The Labute approximate surface area is 170 Å². The third-order valence-electron chi connectivity index (χ3n) is 5.53. The third-order valence-corrected chi connectivity index (χ3v) is 5.53. The Kier molecular flexibility index (Phi) is 4.53. The number of carboxylic acid groups (broad SMARTS) is 1. The van der Waals surface area contributed by atoms with Gasteiger partial charge in [0.25, 0.3) is 0 Å². The van der Waals surface area contributed by atoms with Crippen molar-refractivity contribution in [2.75, 3.05) is 0 Å². The number of ketones is 2. The van der Waals surface area contributed by atoms with Crippen LogP contribution < -0.4 is 5.43 Å². The molecule has 1 aliphatic carbocycles. The fraction of sp³-hybridized carbons (Fsp3) is 0.217. The molecule has 0 fully saturated rings. The number of phenols is 1. The van der Waals surface area contributed by atoms with E-state index in [0.29, 0.717) is 12.2 Å². The fourth-order valence-electron chi connectivity index (χ4n) is 3.82. The average molecular weight is 406 g/mol. The Morgan fingerprint density at radius 3 is 2.47 bits per heavy atom. The van der Waals surface area contributed by atoms with E-state index in [9.17, 15) is 29.4 Å². The molecule has 1 heterocycles. The second-order valence-electron chi connectivity index (χ2n) is 7.41. The van der Waals surface area contributed by atoms with Gasteiger partial charge < -0.3 is 14.6 Å². The normalized spacial score (nSPS) is 13.8. The summed E-state index contributed by atoms with van der Waals surface area (Å²) in [6.07, 6.45) is 0.160. The van der Waals surface area contributed by atoms with Gasteiger partial charge in [-0.2, -0.15) is 0 Å². The van der Waals surface area contributed by atoms with E-state index in [0.717, 1.165) is 0 Å². The van der Waals surface area contributed by atoms with Crippen LogP contribution in [0.5, 0.6) is 5.75 Å². The summed E-state index contributed by atoms with van der Waals surface area (Å²) < 4.78 is 5.94. The maximum absolute atomic E-state index is 13.3. The number of benzene rings is 2. The predicted octanol–water partition coefficient (Wildman–Crippen LogP) is 3.41. The highest BCUT2D eigenvalue weighted by Crippen LogP contribution is 2.37. The molecule has 0 radical (unpaired) electrons. The number of hydrogen-bond donors (Lipinski definition) is 2. The number of aromatic hydroxyl groups is 1. The van der Waals surface area contributed by atoms with Crippen molar-refractivity contribution in [2.45, 2.75) is 32.6 Å². The van der Waals surface area contributed by atoms with Crippen molar-refractivity contribution >= 4 is 28.5 Å². The zero-order valence-electron chi connectivity index (χ0n) is 16.3. The number of carbonyl (C=O) groups is 3. The molecule has 0 saturated carbocycles. The van der Waals surface area contributed by atoms with E-state index < -0.39 is 29.4 Å². The lowest BCUT2D eigenvalue weighted by Crippen LogP contribution is -2.23. The van der Waals surface area contributed by atoms with Gasteiger partial charge in [0.1, 0.15) is 17.1 Å². The number of aliphatic carboxylic acids is 1. The van der Waals surface area contributed by atoms with Gasteiger partial charge in [0, 0.05) is 23.1 Å². The van der Waals surface area contributed by atoms with Gasteiger partial charge in [-0.3, -0.25) is 19.2 Å². The zero-order valence-corrected chi connectivity index (χ0v) is 16.3. The highest BCUT2D eigenvalue weighted by atomic mass is 16.4. The molecule has 7 heteroatoms. The lowest BCUT2D eigenvalue weighted by molar-refractivity contribution is -0.136. The first-order valence-corrected chi connectivity index (χ1v) is 9.51. The number of hydrogen-bond acceptors (Lipinski definition) is 6. The fourth-order valence-corrected chi connectivity index (χ4v) is 3.82. The Morgan fingerprint density at radius 2 is 1.80 bits per heavy atom. The highest BCUT2D eigenvalue weighted by Gasteiger charge is 2.36. The topological polar surface area (TPSA) is 122 Å². The van der Waals surface area contributed by atoms with Crippen LogP contribution in [0.25, 0.3) is 11.0 Å². The molecule has 0 unspecified atom stereocenters. The van der Waals surface area contributed by atoms with Crippen molar-refractivity contribution in [3.05, 3.63) is 74.1 Å². The summed E-state index contributed by atoms with van der Waals surface area (Å²) in [6, 6.07) is 6.75. The average Bonchev–Trinajstić information content (AvgIpc) is 2.70. The molecule has 2 N–H and O–H groups in total. The van der Waals surface area contributed by atoms with Crippen LogP contribution >= 0.6 is 0 Å². The van der Waals surface area contributed by atoms with Gasteiger partial charge in [0.05, 0.1) is 22.9 Å². The minimum absolute atomic E-state index is 0.0218. The summed E-state index contributed by atoms with van der Waals surface area (Å²) in [5.41, 5.74) is -0.780. The summed E-state index contributed by atoms with van der Waals surface area (Å²) in [5, 5.41) is 19.5. The molecule has 4 rings (SSSR count). The molecule has 30 heavy (non-hydrogen) atoms. The van der Waals surface area contributed by atoms with Crippen molar-refractivity contribution < 1.29 is 29.0 Å². The van der Waals surface area contributed by atoms with Gasteiger partial charge in [-0.05, 0) is 24.1 Å². The quantitative estimate of drug-likeness (QED) is 0.532. The lowest BCUT2D eigenvalue weighted by atomic mass is 9.81. The van der Waals surface area contributed by atoms with E-state index in [1.54, 1.807) is 0 Å². The van der Waals surface area contributed by atoms with Gasteiger partial charge in [-0.25, -0.2) is 0 Å². The summed E-state index contributed by atoms with van der Waals surface area (Å²) in [7, 11) is 0. The van der Waals surface area contributed by atoms with Crippen molar-refractivity contribution in [1.29, 1.82) is 0 Å². The van der Waals surface area contributed by atoms with Crippen LogP contribution in [0.3, 0.4) is 0 Å². The molecule has 0 spiro atoms. The SMILES string of the molecule is CC[C@@H](C)c1cc(=O)c2c(CC(=O)O)cc3c(c2o1)C(=O)c1c(O)cccc1C3=O. The van der Waals surface area contributed by atoms with Crippen LogP contribution in [0, 0.1) is 0 Å². The first-order valence-electron chi connectivity index (χ1n) is 9.51. The Hall–Kier alpha value is -3.74. The summed E-state index contributed by atoms with van der Waals surface area (Å²) in [5.74, 6) is -2.51. The number of carboxylic acids is 1. The van der Waals surface area contributed by atoms with E-state index in [1.807, 2.05) is 13.8 Å². The summed E-state index contributed by atoms with van der Waals surface area (Å²) in [6.45, 7) is 3.76. The maximum Gasteiger partial charge on any atom is 0.307 e. The number of fused-ring (bicyclic) bond motifs is 4. The van der Waals surface area contributed by atoms with E-state index in [2.05, 4.69) is 0 Å². The van der Waals surface area contributed by atoms with E-state index in [4.69, 9.17) is 4.42 Å². The first kappa shape index (κ1) is 19.6. The first-order chi connectivity index (χ1) is 14.2. The smallest absolute Gasteiger partial charge is 0.307 e. The molecular weight excluding hydrogens is 388 g/mol. The maximum atomic E-state index is 13.3. The van der Waals surface area contributed by atoms with Crippen LogP contribution in [0.15, 0.2) is 39.5 Å². The molecule has 2 aromatic carbocycles. The zero-order chi connectivity index (χ0) is 21.7. The number of rotatable bonds is 4. The molecule has 1 aromatic heterocycles. The Balaban J connectivity index is 2.16. The molecule has 1 atom stereocenters. The van der Waals surface area contributed by atoms with E-state index in [-0.39, 0.29) is 50.5 Å². The molecule has 1 aliphatic rings. The standard InChI is InChI=1S/C23H18O7/c1-3-10(2)16-9-15(25)18-11(8-17(26)27)7-13-20(23(18)30-16)22(29)19-12(21(13)28)5-4-6-14(19)24/h4-7,9-10,24H,3,8H2,1-2H3,(H,26,27)/t10-/m1/s1. The predicted molar refractivity (Wildman–Crippen MR) is 108 cm³/mol. The largest absolute Gasteiger partial charge is 0.507 e. The van der Waals surface area contributed by atoms with Crippen molar-refractivity contribution in [1.82, 2.24) is 0 Å². The molecule has 0 saturated heterocycles. The molecular formula is C23H18O7. The highest BCUT2D eigenvalue weighted by molar-refractivity contribution is 6.32. The van der Waals surface area contributed by atoms with Crippen molar-refractivity contribution in [3.8, 4) is 5.75 Å². The second kappa shape index (κ2) is 6.95. The summed E-state index contributed by atoms with van der Waals surface area (Å²) >= 11 is 0. The molecule has 3 aromatic rings. The number of carbonyl (C=O) groups excluding carboxylic acids is 2. The lowest BCUT2D eigenvalue weighted by Gasteiger charge is -2.21. The third kappa shape index (κ3) is 2.82. The number of phenolic OH excluding ortho intramolecular Hbond substituents is 1. The summed E-state index contributed by atoms with van der Waals surface area (Å²) in [4.78, 5) is 50.7. The van der Waals surface area contributed by atoms with Crippen molar-refractivity contribution in [2.24, 2.45) is 0 Å². The van der Waals surface area contributed by atoms with Gasteiger partial charge in [-0.1, -0.05) is 26.0 Å². The second-order valence-corrected chi connectivity index (χ2v) is 7.41.